The molecule has 36 heavy (non-hydrogen) atoms. The Bertz CT molecular complexity index is 1270. The molecule has 0 atom stereocenters. The van der Waals surface area contributed by atoms with Crippen molar-refractivity contribution in [2.75, 3.05) is 22.7 Å². The molecule has 1 aromatic heterocycles. The smallest absolute Gasteiger partial charge is 0.269 e. The first kappa shape index (κ1) is 26.7. The van der Waals surface area contributed by atoms with Crippen LogP contribution in [0.25, 0.3) is 0 Å². The lowest BCUT2D eigenvalue weighted by atomic mass is 10.1. The Kier molecular flexibility index (Phi) is 9.07. The summed E-state index contributed by atoms with van der Waals surface area (Å²) in [5.41, 5.74) is 0.978. The van der Waals surface area contributed by atoms with Gasteiger partial charge in [-0.1, -0.05) is 20.3 Å². The highest BCUT2D eigenvalue weighted by Crippen LogP contribution is 2.28. The number of rotatable bonds is 13. The van der Waals surface area contributed by atoms with Gasteiger partial charge in [0, 0.05) is 30.9 Å². The van der Waals surface area contributed by atoms with Crippen molar-refractivity contribution in [3.63, 3.8) is 0 Å². The number of nitrogens with one attached hydrogen (secondary N) is 2. The Balaban J connectivity index is 1.96. The van der Waals surface area contributed by atoms with E-state index in [1.165, 1.54) is 18.2 Å². The summed E-state index contributed by atoms with van der Waals surface area (Å²) in [6.07, 6.45) is 4.20. The van der Waals surface area contributed by atoms with Crippen LogP contribution in [-0.4, -0.2) is 32.3 Å². The first-order chi connectivity index (χ1) is 17.2. The van der Waals surface area contributed by atoms with Crippen LogP contribution in [0.1, 0.15) is 49.2 Å². The largest absolute Gasteiger partial charge is 0.467 e. The van der Waals surface area contributed by atoms with E-state index in [0.717, 1.165) is 37.2 Å². The predicted molar refractivity (Wildman–Crippen MR) is 138 cm³/mol. The monoisotopic (exact) mass is 514 g/mol. The summed E-state index contributed by atoms with van der Waals surface area (Å²) < 4.78 is 33.8. The molecule has 1 heterocycles. The van der Waals surface area contributed by atoms with E-state index in [1.54, 1.807) is 24.5 Å². The van der Waals surface area contributed by atoms with E-state index in [-0.39, 0.29) is 22.2 Å². The third-order valence-electron chi connectivity index (χ3n) is 5.44. The van der Waals surface area contributed by atoms with Gasteiger partial charge in [0.1, 0.15) is 5.76 Å². The van der Waals surface area contributed by atoms with E-state index >= 15 is 0 Å². The fourth-order valence-electron chi connectivity index (χ4n) is 3.58. The normalized spacial score (nSPS) is 11.2. The highest BCUT2D eigenvalue weighted by Gasteiger charge is 2.21. The molecule has 0 saturated heterocycles. The fourth-order valence-corrected chi connectivity index (χ4v) is 4.63. The molecule has 0 fully saturated rings. The quantitative estimate of drug-likeness (QED) is 0.244. The molecule has 0 spiro atoms. The van der Waals surface area contributed by atoms with Crippen LogP contribution in [-0.2, 0) is 16.6 Å². The van der Waals surface area contributed by atoms with E-state index in [4.69, 9.17) is 4.42 Å². The molecule has 2 aromatic carbocycles. The summed E-state index contributed by atoms with van der Waals surface area (Å²) in [6, 6.07) is 13.1. The molecule has 0 aliphatic carbocycles. The number of nitro benzene ring substituents is 1. The molecule has 11 heteroatoms. The van der Waals surface area contributed by atoms with Gasteiger partial charge in [0.25, 0.3) is 21.6 Å². The fraction of sp³-hybridized carbons (Fsp3) is 0.320. The minimum Gasteiger partial charge on any atom is -0.467 e. The number of anilines is 2. The van der Waals surface area contributed by atoms with E-state index in [9.17, 15) is 23.3 Å². The molecular weight excluding hydrogens is 484 g/mol. The predicted octanol–water partition coefficient (Wildman–Crippen LogP) is 4.94. The summed E-state index contributed by atoms with van der Waals surface area (Å²) in [4.78, 5) is 25.3. The van der Waals surface area contributed by atoms with Gasteiger partial charge in [0.2, 0.25) is 0 Å². The molecule has 0 aliphatic rings. The number of benzene rings is 2. The van der Waals surface area contributed by atoms with Gasteiger partial charge in [-0.2, -0.15) is 0 Å². The second kappa shape index (κ2) is 12.2. The molecule has 0 radical (unpaired) electrons. The van der Waals surface area contributed by atoms with Gasteiger partial charge in [-0.25, -0.2) is 8.42 Å². The summed E-state index contributed by atoms with van der Waals surface area (Å²) in [6.45, 7) is 5.63. The Hall–Kier alpha value is -3.86. The minimum atomic E-state index is -4.04. The molecule has 0 saturated carbocycles. The maximum atomic E-state index is 13.1. The van der Waals surface area contributed by atoms with Crippen molar-refractivity contribution < 1.29 is 22.6 Å². The Morgan fingerprint density at radius 3 is 2.44 bits per heavy atom. The molecule has 0 unspecified atom stereocenters. The maximum Gasteiger partial charge on any atom is 0.269 e. The Morgan fingerprint density at radius 1 is 1.08 bits per heavy atom. The van der Waals surface area contributed by atoms with E-state index in [0.29, 0.717) is 30.9 Å². The number of sulfonamides is 1. The van der Waals surface area contributed by atoms with Crippen LogP contribution in [0, 0.1) is 10.1 Å². The van der Waals surface area contributed by atoms with Crippen LogP contribution in [0.3, 0.4) is 0 Å². The van der Waals surface area contributed by atoms with Gasteiger partial charge in [-0.3, -0.25) is 19.6 Å². The molecule has 2 N–H and O–H groups in total. The number of hydrogen-bond acceptors (Lipinski definition) is 7. The SMILES string of the molecule is CCCCN(Cc1ccco1)c1ccc(NS(=O)(=O)c2ccc([N+](=O)[O-])cc2)cc1C(=O)NCCC. The third kappa shape index (κ3) is 6.85. The number of unbranched alkanes of at least 4 members (excludes halogenated alkanes) is 1. The minimum absolute atomic E-state index is 0.128. The highest BCUT2D eigenvalue weighted by atomic mass is 32.2. The van der Waals surface area contributed by atoms with Gasteiger partial charge in [-0.05, 0) is 55.3 Å². The third-order valence-corrected chi connectivity index (χ3v) is 6.83. The topological polar surface area (TPSA) is 135 Å². The highest BCUT2D eigenvalue weighted by molar-refractivity contribution is 7.92. The number of furan rings is 1. The average Bonchev–Trinajstić information content (AvgIpc) is 3.38. The average molecular weight is 515 g/mol. The maximum absolute atomic E-state index is 13.1. The van der Waals surface area contributed by atoms with Crippen LogP contribution in [0.2, 0.25) is 0 Å². The van der Waals surface area contributed by atoms with E-state index in [2.05, 4.69) is 17.0 Å². The van der Waals surface area contributed by atoms with Crippen LogP contribution < -0.4 is 14.9 Å². The molecular formula is C25H30N4O6S. The zero-order chi connectivity index (χ0) is 26.1. The summed E-state index contributed by atoms with van der Waals surface area (Å²) >= 11 is 0. The number of hydrogen-bond donors (Lipinski definition) is 2. The van der Waals surface area contributed by atoms with Crippen molar-refractivity contribution in [2.24, 2.45) is 0 Å². The lowest BCUT2D eigenvalue weighted by Crippen LogP contribution is -2.30. The van der Waals surface area contributed by atoms with Gasteiger partial charge in [0.05, 0.1) is 33.9 Å². The first-order valence-corrected chi connectivity index (χ1v) is 13.2. The van der Waals surface area contributed by atoms with Crippen LogP contribution in [0.5, 0.6) is 0 Å². The van der Waals surface area contributed by atoms with Crippen molar-refractivity contribution in [3.8, 4) is 0 Å². The molecule has 0 bridgehead atoms. The van der Waals surface area contributed by atoms with Gasteiger partial charge < -0.3 is 14.6 Å². The second-order valence-corrected chi connectivity index (χ2v) is 9.88. The van der Waals surface area contributed by atoms with Crippen molar-refractivity contribution >= 4 is 33.0 Å². The molecule has 1 amide bonds. The van der Waals surface area contributed by atoms with Gasteiger partial charge in [0.15, 0.2) is 0 Å². The van der Waals surface area contributed by atoms with Gasteiger partial charge >= 0.3 is 0 Å². The lowest BCUT2D eigenvalue weighted by molar-refractivity contribution is -0.384. The number of nitrogens with zero attached hydrogens (tertiary/aromatic N) is 2. The first-order valence-electron chi connectivity index (χ1n) is 11.7. The zero-order valence-electron chi connectivity index (χ0n) is 20.3. The number of nitro groups is 1. The van der Waals surface area contributed by atoms with Crippen LogP contribution in [0.15, 0.2) is 70.2 Å². The standard InChI is InChI=1S/C25H30N4O6S/c1-3-5-15-28(18-21-7-6-16-35-21)24-13-8-19(17-23(24)25(30)26-14-4-2)27-36(33,34)22-11-9-20(10-12-22)29(31)32/h6-13,16-17,27H,3-5,14-15,18H2,1-2H3,(H,26,30). The molecule has 10 nitrogen and oxygen atoms in total. The van der Waals surface area contributed by atoms with Crippen molar-refractivity contribution in [3.05, 3.63) is 82.3 Å². The summed E-state index contributed by atoms with van der Waals surface area (Å²) in [7, 11) is -4.04. The van der Waals surface area contributed by atoms with Crippen molar-refractivity contribution in [2.45, 2.75) is 44.6 Å². The molecule has 3 rings (SSSR count). The number of amides is 1. The Morgan fingerprint density at radius 2 is 1.83 bits per heavy atom. The number of carbonyl (C=O) groups excluding carboxylic acids is 1. The van der Waals surface area contributed by atoms with Crippen LogP contribution in [0.4, 0.5) is 17.1 Å². The number of non-ortho nitro benzene ring substituents is 1. The summed E-state index contributed by atoms with van der Waals surface area (Å²) in [5.74, 6) is 0.429. The van der Waals surface area contributed by atoms with E-state index < -0.39 is 14.9 Å². The molecule has 0 aliphatic heterocycles. The summed E-state index contributed by atoms with van der Waals surface area (Å²) in [5, 5.41) is 13.7. The molecule has 3 aromatic rings. The number of carbonyl (C=O) groups is 1. The van der Waals surface area contributed by atoms with Crippen LogP contribution >= 0.6 is 0 Å². The van der Waals surface area contributed by atoms with Gasteiger partial charge in [-0.15, -0.1) is 0 Å². The molecule has 192 valence electrons. The second-order valence-electron chi connectivity index (χ2n) is 8.20. The van der Waals surface area contributed by atoms with E-state index in [1.807, 2.05) is 17.9 Å². The zero-order valence-corrected chi connectivity index (χ0v) is 21.1. The van der Waals surface area contributed by atoms with Crippen molar-refractivity contribution in [1.82, 2.24) is 5.32 Å². The van der Waals surface area contributed by atoms with Crippen molar-refractivity contribution in [1.29, 1.82) is 0 Å². The lowest BCUT2D eigenvalue weighted by Gasteiger charge is -2.26. The Labute approximate surface area is 210 Å².